The molecule has 1 heterocycles. The molecule has 4 nitrogen and oxygen atoms in total. The molecule has 2 unspecified atom stereocenters. The Kier molecular flexibility index (Phi) is 3.74. The van der Waals surface area contributed by atoms with Crippen LogP contribution in [0.25, 0.3) is 0 Å². The fraction of sp³-hybridized carbons (Fsp3) is 0.368. The predicted molar refractivity (Wildman–Crippen MR) is 88.5 cm³/mol. The Morgan fingerprint density at radius 1 is 1.09 bits per heavy atom. The molecule has 2 bridgehead atoms. The predicted octanol–water partition coefficient (Wildman–Crippen LogP) is 3.90. The van der Waals surface area contributed by atoms with Crippen LogP contribution in [0.3, 0.4) is 0 Å². The largest absolute Gasteiger partial charge is 0.489 e. The van der Waals surface area contributed by atoms with Crippen molar-refractivity contribution >= 4 is 11.6 Å². The third-order valence-corrected chi connectivity index (χ3v) is 5.02. The summed E-state index contributed by atoms with van der Waals surface area (Å²) in [6.45, 7) is 0. The Morgan fingerprint density at radius 2 is 1.91 bits per heavy atom. The quantitative estimate of drug-likeness (QED) is 0.932. The lowest BCUT2D eigenvalue weighted by molar-refractivity contribution is 0.100. The van der Waals surface area contributed by atoms with Crippen LogP contribution in [-0.2, 0) is 0 Å². The molecule has 4 heteroatoms. The monoisotopic (exact) mass is 308 g/mol. The molecular formula is C19H20N2O2. The van der Waals surface area contributed by atoms with Gasteiger partial charge in [-0.2, -0.15) is 0 Å². The number of ether oxygens (including phenoxy) is 1. The molecule has 118 valence electrons. The van der Waals surface area contributed by atoms with Gasteiger partial charge in [-0.05, 0) is 61.8 Å². The molecule has 0 radical (unpaired) electrons. The van der Waals surface area contributed by atoms with E-state index in [-0.39, 0.29) is 12.0 Å². The molecule has 0 spiro atoms. The number of hydrogen-bond acceptors (Lipinski definition) is 3. The zero-order valence-electron chi connectivity index (χ0n) is 12.9. The van der Waals surface area contributed by atoms with Crippen LogP contribution in [0.5, 0.6) is 5.75 Å². The highest BCUT2D eigenvalue weighted by atomic mass is 16.5. The number of fused-ring (bicyclic) bond motifs is 2. The summed E-state index contributed by atoms with van der Waals surface area (Å²) in [7, 11) is 0. The number of nitrogens with one attached hydrogen (secondary N) is 1. The number of anilines is 1. The number of carbonyl (C=O) groups is 1. The number of aromatic nitrogens is 1. The number of pyridine rings is 1. The molecule has 4 rings (SSSR count). The van der Waals surface area contributed by atoms with Crippen molar-refractivity contribution < 1.29 is 9.53 Å². The van der Waals surface area contributed by atoms with E-state index < -0.39 is 0 Å². The number of hydrogen-bond donors (Lipinski definition) is 1. The highest BCUT2D eigenvalue weighted by molar-refractivity contribution is 6.06. The van der Waals surface area contributed by atoms with Crippen molar-refractivity contribution in [3.63, 3.8) is 0 Å². The van der Waals surface area contributed by atoms with Crippen molar-refractivity contribution in [1.82, 2.24) is 4.98 Å². The van der Waals surface area contributed by atoms with Gasteiger partial charge in [0.05, 0.1) is 5.56 Å². The highest BCUT2D eigenvalue weighted by Gasteiger charge is 2.41. The number of nitrogens with zero attached hydrogens (tertiary/aromatic N) is 1. The first-order chi connectivity index (χ1) is 11.3. The third-order valence-electron chi connectivity index (χ3n) is 5.02. The smallest absolute Gasteiger partial charge is 0.259 e. The molecule has 2 aliphatic carbocycles. The van der Waals surface area contributed by atoms with Crippen LogP contribution in [0.4, 0.5) is 5.69 Å². The van der Waals surface area contributed by atoms with Crippen LogP contribution < -0.4 is 10.1 Å². The zero-order valence-corrected chi connectivity index (χ0v) is 12.9. The molecule has 2 aliphatic rings. The molecule has 2 aromatic rings. The Morgan fingerprint density at radius 3 is 2.65 bits per heavy atom. The van der Waals surface area contributed by atoms with Crippen LogP contribution in [-0.4, -0.2) is 17.0 Å². The van der Waals surface area contributed by atoms with Crippen molar-refractivity contribution in [2.45, 2.75) is 31.8 Å². The van der Waals surface area contributed by atoms with E-state index in [9.17, 15) is 4.79 Å². The second-order valence-corrected chi connectivity index (χ2v) is 6.52. The van der Waals surface area contributed by atoms with Gasteiger partial charge in [0.2, 0.25) is 0 Å². The summed E-state index contributed by atoms with van der Waals surface area (Å²) in [5, 5.41) is 2.90. The molecule has 0 saturated heterocycles. The van der Waals surface area contributed by atoms with Gasteiger partial charge in [-0.3, -0.25) is 9.78 Å². The minimum atomic E-state index is -0.144. The van der Waals surface area contributed by atoms with E-state index >= 15 is 0 Å². The van der Waals surface area contributed by atoms with Gasteiger partial charge >= 0.3 is 0 Å². The number of para-hydroxylation sites is 1. The van der Waals surface area contributed by atoms with E-state index in [1.54, 1.807) is 24.5 Å². The summed E-state index contributed by atoms with van der Waals surface area (Å²) in [5.41, 5.74) is 1.33. The average Bonchev–Trinajstić information content (AvgIpc) is 3.19. The molecular weight excluding hydrogens is 288 g/mol. The lowest BCUT2D eigenvalue weighted by Gasteiger charge is -2.24. The third kappa shape index (κ3) is 2.93. The van der Waals surface area contributed by atoms with Crippen LogP contribution in [0.2, 0.25) is 0 Å². The molecule has 1 aromatic carbocycles. The summed E-state index contributed by atoms with van der Waals surface area (Å²) < 4.78 is 6.23. The van der Waals surface area contributed by atoms with E-state index in [1.165, 1.54) is 19.3 Å². The SMILES string of the molecule is O=C(Nc1ccncc1)c1ccccc1O[C@H]1CC2CCC1C2. The van der Waals surface area contributed by atoms with Crippen LogP contribution in [0.15, 0.2) is 48.8 Å². The van der Waals surface area contributed by atoms with Crippen LogP contribution in [0.1, 0.15) is 36.0 Å². The van der Waals surface area contributed by atoms with E-state index in [4.69, 9.17) is 4.74 Å². The second-order valence-electron chi connectivity index (χ2n) is 6.52. The van der Waals surface area contributed by atoms with E-state index in [0.717, 1.165) is 18.0 Å². The zero-order chi connectivity index (χ0) is 15.6. The fourth-order valence-corrected chi connectivity index (χ4v) is 3.88. The Bertz CT molecular complexity index is 702. The molecule has 1 aromatic heterocycles. The first kappa shape index (κ1) is 14.2. The maximum absolute atomic E-state index is 12.6. The van der Waals surface area contributed by atoms with Crippen molar-refractivity contribution in [3.05, 3.63) is 54.4 Å². The summed E-state index contributed by atoms with van der Waals surface area (Å²) in [5.74, 6) is 2.03. The van der Waals surface area contributed by atoms with Crippen molar-refractivity contribution in [2.75, 3.05) is 5.32 Å². The Balaban J connectivity index is 1.51. The lowest BCUT2D eigenvalue weighted by atomic mass is 9.97. The fourth-order valence-electron chi connectivity index (χ4n) is 3.88. The highest BCUT2D eigenvalue weighted by Crippen LogP contribution is 2.46. The van der Waals surface area contributed by atoms with Gasteiger partial charge in [-0.15, -0.1) is 0 Å². The van der Waals surface area contributed by atoms with Gasteiger partial charge in [0.1, 0.15) is 11.9 Å². The number of amides is 1. The summed E-state index contributed by atoms with van der Waals surface area (Å²) in [6.07, 6.45) is 8.61. The van der Waals surface area contributed by atoms with Crippen molar-refractivity contribution in [2.24, 2.45) is 11.8 Å². The van der Waals surface area contributed by atoms with Crippen molar-refractivity contribution in [3.8, 4) is 5.75 Å². The maximum Gasteiger partial charge on any atom is 0.259 e. The van der Waals surface area contributed by atoms with Gasteiger partial charge in [-0.25, -0.2) is 0 Å². The number of carbonyl (C=O) groups excluding carboxylic acids is 1. The standard InChI is InChI=1S/C19H20N2O2/c22-19(21-15-7-9-20-10-8-15)16-3-1-2-4-17(16)23-18-12-13-5-6-14(18)11-13/h1-4,7-10,13-14,18H,5-6,11-12H2,(H,20,21,22)/t13?,14?,18-/m0/s1. The normalized spacial score (nSPS) is 25.3. The molecule has 2 saturated carbocycles. The maximum atomic E-state index is 12.6. The molecule has 23 heavy (non-hydrogen) atoms. The van der Waals surface area contributed by atoms with Gasteiger partial charge in [0.15, 0.2) is 0 Å². The van der Waals surface area contributed by atoms with Gasteiger partial charge in [-0.1, -0.05) is 12.1 Å². The minimum absolute atomic E-state index is 0.144. The molecule has 0 aliphatic heterocycles. The van der Waals surface area contributed by atoms with Crippen molar-refractivity contribution in [1.29, 1.82) is 0 Å². The number of benzene rings is 1. The Hall–Kier alpha value is -2.36. The first-order valence-electron chi connectivity index (χ1n) is 8.26. The van der Waals surface area contributed by atoms with Crippen LogP contribution in [0, 0.1) is 11.8 Å². The van der Waals surface area contributed by atoms with Crippen LogP contribution >= 0.6 is 0 Å². The summed E-state index contributed by atoms with van der Waals surface area (Å²) in [6, 6.07) is 11.1. The van der Waals surface area contributed by atoms with E-state index in [2.05, 4.69) is 10.3 Å². The van der Waals surface area contributed by atoms with E-state index in [0.29, 0.717) is 17.2 Å². The lowest BCUT2D eigenvalue weighted by Crippen LogP contribution is -2.25. The summed E-state index contributed by atoms with van der Waals surface area (Å²) >= 11 is 0. The molecule has 2 fully saturated rings. The molecule has 1 N–H and O–H groups in total. The molecule has 3 atom stereocenters. The Labute approximate surface area is 135 Å². The number of rotatable bonds is 4. The summed E-state index contributed by atoms with van der Waals surface area (Å²) in [4.78, 5) is 16.5. The topological polar surface area (TPSA) is 51.2 Å². The minimum Gasteiger partial charge on any atom is -0.489 e. The van der Waals surface area contributed by atoms with E-state index in [1.807, 2.05) is 24.3 Å². The van der Waals surface area contributed by atoms with Gasteiger partial charge in [0, 0.05) is 18.1 Å². The van der Waals surface area contributed by atoms with Gasteiger partial charge in [0.25, 0.3) is 5.91 Å². The van der Waals surface area contributed by atoms with Gasteiger partial charge < -0.3 is 10.1 Å². The second kappa shape index (κ2) is 6.03. The first-order valence-corrected chi connectivity index (χ1v) is 8.26. The average molecular weight is 308 g/mol. The molecule has 1 amide bonds.